The molecule has 6 nitrogen and oxygen atoms in total. The number of amides is 1. The molecule has 21 heavy (non-hydrogen) atoms. The van der Waals surface area contributed by atoms with Gasteiger partial charge in [0.05, 0.1) is 0 Å². The van der Waals surface area contributed by atoms with Crippen molar-refractivity contribution in [2.45, 2.75) is 31.7 Å². The van der Waals surface area contributed by atoms with E-state index in [1.165, 1.54) is 6.42 Å². The van der Waals surface area contributed by atoms with Gasteiger partial charge in [0.15, 0.2) is 5.82 Å². The zero-order valence-electron chi connectivity index (χ0n) is 12.3. The summed E-state index contributed by atoms with van der Waals surface area (Å²) in [5, 5.41) is 8.03. The Labute approximate surface area is 125 Å². The minimum atomic E-state index is 0.217. The molecule has 0 spiro atoms. The first-order valence-electron chi connectivity index (χ1n) is 7.80. The Bertz CT molecular complexity index is 472. The molecule has 1 aromatic rings. The zero-order valence-corrected chi connectivity index (χ0v) is 12.3. The van der Waals surface area contributed by atoms with Gasteiger partial charge in [-0.2, -0.15) is 5.10 Å². The summed E-state index contributed by atoms with van der Waals surface area (Å²) in [4.78, 5) is 16.5. The number of nitrogens with zero attached hydrogens (tertiary/aromatic N) is 4. The van der Waals surface area contributed by atoms with Crippen LogP contribution in [0.1, 0.15) is 25.7 Å². The highest BCUT2D eigenvalue weighted by Crippen LogP contribution is 2.27. The summed E-state index contributed by atoms with van der Waals surface area (Å²) in [6, 6.07) is 4.07. The van der Waals surface area contributed by atoms with Gasteiger partial charge in [-0.1, -0.05) is 6.42 Å². The van der Waals surface area contributed by atoms with Gasteiger partial charge in [-0.05, 0) is 30.9 Å². The van der Waals surface area contributed by atoms with Crippen LogP contribution in [-0.4, -0.2) is 53.2 Å². The Balaban J connectivity index is 1.50. The first-order chi connectivity index (χ1) is 10.2. The molecular weight excluding hydrogens is 266 g/mol. The number of carbonyl (C=O) groups excluding carboxylic acids is 1. The first kappa shape index (κ1) is 14.3. The Morgan fingerprint density at radius 2 is 2.10 bits per heavy atom. The number of piperazine rings is 1. The van der Waals surface area contributed by atoms with Crippen molar-refractivity contribution < 1.29 is 4.79 Å². The molecule has 1 aliphatic carbocycles. The normalized spacial score (nSPS) is 26.1. The van der Waals surface area contributed by atoms with Crippen LogP contribution in [0.5, 0.6) is 0 Å². The van der Waals surface area contributed by atoms with E-state index in [9.17, 15) is 4.79 Å². The SMILES string of the molecule is N[C@@H]1CCC[C@H]1CC(=O)N1CCN(c2cccnn2)CC1. The third-order valence-electron chi connectivity index (χ3n) is 4.67. The van der Waals surface area contributed by atoms with E-state index in [1.807, 2.05) is 17.0 Å². The number of anilines is 1. The fourth-order valence-corrected chi connectivity index (χ4v) is 3.32. The van der Waals surface area contributed by atoms with Gasteiger partial charge in [0.2, 0.25) is 5.91 Å². The first-order valence-corrected chi connectivity index (χ1v) is 7.80. The number of rotatable bonds is 3. The Morgan fingerprint density at radius 1 is 1.29 bits per heavy atom. The summed E-state index contributed by atoms with van der Waals surface area (Å²) >= 11 is 0. The van der Waals surface area contributed by atoms with Gasteiger partial charge in [0, 0.05) is 44.8 Å². The van der Waals surface area contributed by atoms with E-state index in [-0.39, 0.29) is 11.9 Å². The minimum absolute atomic E-state index is 0.217. The van der Waals surface area contributed by atoms with Crippen molar-refractivity contribution in [2.75, 3.05) is 31.1 Å². The molecule has 3 rings (SSSR count). The van der Waals surface area contributed by atoms with Crippen LogP contribution in [0.15, 0.2) is 18.3 Å². The number of hydrogen-bond donors (Lipinski definition) is 1. The maximum Gasteiger partial charge on any atom is 0.223 e. The molecule has 2 aliphatic rings. The highest BCUT2D eigenvalue weighted by molar-refractivity contribution is 5.77. The molecule has 0 aromatic carbocycles. The van der Waals surface area contributed by atoms with Crippen LogP contribution in [-0.2, 0) is 4.79 Å². The quantitative estimate of drug-likeness (QED) is 0.884. The molecule has 1 aromatic heterocycles. The molecule has 1 saturated heterocycles. The third kappa shape index (κ3) is 3.32. The van der Waals surface area contributed by atoms with Crippen LogP contribution < -0.4 is 10.6 Å². The molecule has 1 aliphatic heterocycles. The van der Waals surface area contributed by atoms with Crippen molar-refractivity contribution in [1.29, 1.82) is 0 Å². The van der Waals surface area contributed by atoms with Gasteiger partial charge < -0.3 is 15.5 Å². The fourth-order valence-electron chi connectivity index (χ4n) is 3.32. The van der Waals surface area contributed by atoms with Gasteiger partial charge in [-0.15, -0.1) is 5.10 Å². The van der Waals surface area contributed by atoms with E-state index in [0.717, 1.165) is 44.8 Å². The summed E-state index contributed by atoms with van der Waals surface area (Å²) in [5.41, 5.74) is 6.06. The summed E-state index contributed by atoms with van der Waals surface area (Å²) in [6.07, 6.45) is 5.63. The molecule has 2 heterocycles. The topological polar surface area (TPSA) is 75.4 Å². The number of nitrogens with two attached hydrogens (primary N) is 1. The van der Waals surface area contributed by atoms with E-state index >= 15 is 0 Å². The van der Waals surface area contributed by atoms with Gasteiger partial charge in [0.25, 0.3) is 0 Å². The second kappa shape index (κ2) is 6.39. The average molecular weight is 289 g/mol. The maximum absolute atomic E-state index is 12.4. The molecule has 0 radical (unpaired) electrons. The molecule has 2 fully saturated rings. The van der Waals surface area contributed by atoms with Crippen molar-refractivity contribution in [1.82, 2.24) is 15.1 Å². The lowest BCUT2D eigenvalue weighted by Crippen LogP contribution is -2.49. The van der Waals surface area contributed by atoms with E-state index in [4.69, 9.17) is 5.73 Å². The van der Waals surface area contributed by atoms with Crippen molar-refractivity contribution in [3.63, 3.8) is 0 Å². The number of carbonyl (C=O) groups is 1. The smallest absolute Gasteiger partial charge is 0.223 e. The number of aromatic nitrogens is 2. The highest BCUT2D eigenvalue weighted by atomic mass is 16.2. The number of hydrogen-bond acceptors (Lipinski definition) is 5. The molecule has 1 saturated carbocycles. The van der Waals surface area contributed by atoms with Crippen LogP contribution in [0.4, 0.5) is 5.82 Å². The van der Waals surface area contributed by atoms with Crippen LogP contribution in [0.25, 0.3) is 0 Å². The molecule has 1 amide bonds. The maximum atomic E-state index is 12.4. The summed E-state index contributed by atoms with van der Waals surface area (Å²) < 4.78 is 0. The molecular formula is C15H23N5O. The van der Waals surface area contributed by atoms with Crippen molar-refractivity contribution in [2.24, 2.45) is 11.7 Å². The Kier molecular flexibility index (Phi) is 4.34. The largest absolute Gasteiger partial charge is 0.352 e. The standard InChI is InChI=1S/C15H23N5O/c16-13-4-1-3-12(13)11-15(21)20-9-7-19(8-10-20)14-5-2-6-17-18-14/h2,5-6,12-13H,1,3-4,7-11,16H2/t12-,13+/m0/s1. The summed E-state index contributed by atoms with van der Waals surface area (Å²) in [5.74, 6) is 1.54. The van der Waals surface area contributed by atoms with E-state index in [1.54, 1.807) is 6.20 Å². The lowest BCUT2D eigenvalue weighted by molar-refractivity contribution is -0.132. The van der Waals surface area contributed by atoms with Gasteiger partial charge in [-0.3, -0.25) is 4.79 Å². The van der Waals surface area contributed by atoms with Crippen molar-refractivity contribution in [3.05, 3.63) is 18.3 Å². The second-order valence-corrected chi connectivity index (χ2v) is 6.01. The zero-order chi connectivity index (χ0) is 14.7. The van der Waals surface area contributed by atoms with Gasteiger partial charge in [0.1, 0.15) is 0 Å². The van der Waals surface area contributed by atoms with Crippen LogP contribution in [0.2, 0.25) is 0 Å². The summed E-state index contributed by atoms with van der Waals surface area (Å²) in [7, 11) is 0. The minimum Gasteiger partial charge on any atom is -0.352 e. The Hall–Kier alpha value is -1.69. The van der Waals surface area contributed by atoms with E-state index < -0.39 is 0 Å². The molecule has 2 atom stereocenters. The molecule has 0 unspecified atom stereocenters. The predicted octanol–water partition coefficient (Wildman–Crippen LogP) is 0.643. The average Bonchev–Trinajstić information content (AvgIpc) is 2.93. The second-order valence-electron chi connectivity index (χ2n) is 6.01. The van der Waals surface area contributed by atoms with Crippen molar-refractivity contribution in [3.8, 4) is 0 Å². The van der Waals surface area contributed by atoms with Gasteiger partial charge >= 0.3 is 0 Å². The molecule has 2 N–H and O–H groups in total. The highest BCUT2D eigenvalue weighted by Gasteiger charge is 2.29. The molecule has 0 bridgehead atoms. The van der Waals surface area contributed by atoms with Gasteiger partial charge in [-0.25, -0.2) is 0 Å². The van der Waals surface area contributed by atoms with E-state index in [2.05, 4.69) is 15.1 Å². The molecule has 114 valence electrons. The van der Waals surface area contributed by atoms with Crippen LogP contribution in [0, 0.1) is 5.92 Å². The lowest BCUT2D eigenvalue weighted by Gasteiger charge is -2.35. The molecule has 6 heteroatoms. The predicted molar refractivity (Wildman–Crippen MR) is 80.8 cm³/mol. The fraction of sp³-hybridized carbons (Fsp3) is 0.667. The van der Waals surface area contributed by atoms with Crippen LogP contribution in [0.3, 0.4) is 0 Å². The third-order valence-corrected chi connectivity index (χ3v) is 4.67. The monoisotopic (exact) mass is 289 g/mol. The van der Waals surface area contributed by atoms with Crippen molar-refractivity contribution >= 4 is 11.7 Å². The van der Waals surface area contributed by atoms with Crippen LogP contribution >= 0.6 is 0 Å². The lowest BCUT2D eigenvalue weighted by atomic mass is 9.99. The summed E-state index contributed by atoms with van der Waals surface area (Å²) in [6.45, 7) is 3.16. The Morgan fingerprint density at radius 3 is 2.71 bits per heavy atom. The van der Waals surface area contributed by atoms with E-state index in [0.29, 0.717) is 12.3 Å².